The lowest BCUT2D eigenvalue weighted by molar-refractivity contribution is 0.1000. The molecule has 0 unspecified atom stereocenters. The maximum absolute atomic E-state index is 13.1. The predicted octanol–water partition coefficient (Wildman–Crippen LogP) is 3.37. The van der Waals surface area contributed by atoms with Crippen molar-refractivity contribution in [1.29, 1.82) is 0 Å². The number of carbonyl (C=O) groups excluding carboxylic acids is 1. The Labute approximate surface area is 134 Å². The number of amides is 1. The quantitative estimate of drug-likeness (QED) is 0.895. The molecule has 7 heteroatoms. The van der Waals surface area contributed by atoms with E-state index >= 15 is 0 Å². The second-order valence-electron chi connectivity index (χ2n) is 4.49. The van der Waals surface area contributed by atoms with Crippen LogP contribution in [0.2, 0.25) is 5.02 Å². The lowest BCUT2D eigenvalue weighted by Crippen LogP contribution is -2.19. The lowest BCUT2D eigenvalue weighted by Gasteiger charge is -2.20. The summed E-state index contributed by atoms with van der Waals surface area (Å²) in [6, 6.07) is 5.94. The predicted molar refractivity (Wildman–Crippen MR) is 84.0 cm³/mol. The van der Waals surface area contributed by atoms with E-state index in [4.69, 9.17) is 17.3 Å². The molecule has 2 N–H and O–H groups in total. The Kier molecular flexibility index (Phi) is 4.80. The van der Waals surface area contributed by atoms with Gasteiger partial charge in [0.15, 0.2) is 0 Å². The van der Waals surface area contributed by atoms with E-state index in [1.54, 1.807) is 18.0 Å². The molecule has 110 valence electrons. The number of anilines is 1. The van der Waals surface area contributed by atoms with Gasteiger partial charge in [-0.1, -0.05) is 33.6 Å². The summed E-state index contributed by atoms with van der Waals surface area (Å²) >= 11 is 9.43. The molecule has 21 heavy (non-hydrogen) atoms. The van der Waals surface area contributed by atoms with Gasteiger partial charge in [-0.15, -0.1) is 0 Å². The molecular formula is C14H12BrClFN3O. The molecule has 0 bridgehead atoms. The van der Waals surface area contributed by atoms with Gasteiger partial charge in [-0.2, -0.15) is 0 Å². The summed E-state index contributed by atoms with van der Waals surface area (Å²) in [5.41, 5.74) is 6.31. The fourth-order valence-corrected chi connectivity index (χ4v) is 2.61. The van der Waals surface area contributed by atoms with Crippen molar-refractivity contribution in [3.63, 3.8) is 0 Å². The van der Waals surface area contributed by atoms with Crippen molar-refractivity contribution in [2.75, 3.05) is 11.9 Å². The van der Waals surface area contributed by atoms with Crippen LogP contribution in [0.15, 0.2) is 34.9 Å². The number of nitrogens with two attached hydrogens (primary N) is 1. The van der Waals surface area contributed by atoms with Crippen molar-refractivity contribution in [1.82, 2.24) is 4.98 Å². The van der Waals surface area contributed by atoms with Gasteiger partial charge in [0.1, 0.15) is 11.6 Å². The highest BCUT2D eigenvalue weighted by molar-refractivity contribution is 9.10. The molecule has 0 fully saturated rings. The highest BCUT2D eigenvalue weighted by atomic mass is 79.9. The van der Waals surface area contributed by atoms with Crippen molar-refractivity contribution >= 4 is 39.3 Å². The molecular weight excluding hydrogens is 361 g/mol. The molecule has 0 radical (unpaired) electrons. The first kappa shape index (κ1) is 15.7. The third-order valence-electron chi connectivity index (χ3n) is 2.89. The average Bonchev–Trinajstić information content (AvgIpc) is 2.41. The Morgan fingerprint density at radius 2 is 2.19 bits per heavy atom. The molecule has 1 amide bonds. The van der Waals surface area contributed by atoms with Gasteiger partial charge in [0, 0.05) is 24.3 Å². The van der Waals surface area contributed by atoms with Crippen molar-refractivity contribution in [3.8, 4) is 0 Å². The Morgan fingerprint density at radius 1 is 1.48 bits per heavy atom. The number of rotatable bonds is 4. The first-order chi connectivity index (χ1) is 9.88. The summed E-state index contributed by atoms with van der Waals surface area (Å²) in [6.45, 7) is 0.476. The van der Waals surface area contributed by atoms with Gasteiger partial charge >= 0.3 is 0 Å². The Morgan fingerprint density at radius 3 is 2.76 bits per heavy atom. The van der Waals surface area contributed by atoms with Crippen LogP contribution in [-0.2, 0) is 6.54 Å². The second-order valence-corrected chi connectivity index (χ2v) is 5.75. The van der Waals surface area contributed by atoms with Crippen molar-refractivity contribution in [2.45, 2.75) is 6.54 Å². The number of aromatic nitrogens is 1. The van der Waals surface area contributed by atoms with Gasteiger partial charge in [0.25, 0.3) is 0 Å². The second kappa shape index (κ2) is 6.41. The van der Waals surface area contributed by atoms with E-state index in [1.165, 1.54) is 24.4 Å². The van der Waals surface area contributed by atoms with E-state index in [0.29, 0.717) is 21.9 Å². The van der Waals surface area contributed by atoms with Crippen molar-refractivity contribution < 1.29 is 9.18 Å². The molecule has 1 heterocycles. The van der Waals surface area contributed by atoms with E-state index in [9.17, 15) is 9.18 Å². The van der Waals surface area contributed by atoms with Crippen LogP contribution in [0, 0.1) is 5.82 Å². The summed E-state index contributed by atoms with van der Waals surface area (Å²) in [5.74, 6) is -0.381. The zero-order valence-corrected chi connectivity index (χ0v) is 13.4. The molecule has 0 aliphatic carbocycles. The molecule has 2 aromatic rings. The third-order valence-corrected chi connectivity index (χ3v) is 3.91. The molecule has 0 atom stereocenters. The van der Waals surface area contributed by atoms with Gasteiger partial charge in [0.05, 0.1) is 10.6 Å². The van der Waals surface area contributed by atoms with E-state index in [-0.39, 0.29) is 11.4 Å². The Balaban J connectivity index is 2.24. The van der Waals surface area contributed by atoms with E-state index < -0.39 is 5.91 Å². The summed E-state index contributed by atoms with van der Waals surface area (Å²) in [7, 11) is 1.80. The maximum atomic E-state index is 13.1. The van der Waals surface area contributed by atoms with Crippen LogP contribution in [0.25, 0.3) is 0 Å². The number of pyridine rings is 1. The van der Waals surface area contributed by atoms with E-state index in [0.717, 1.165) is 5.56 Å². The number of carbonyl (C=O) groups is 1. The first-order valence-electron chi connectivity index (χ1n) is 5.99. The number of hydrogen-bond donors (Lipinski definition) is 1. The fraction of sp³-hybridized carbons (Fsp3) is 0.143. The summed E-state index contributed by atoms with van der Waals surface area (Å²) in [6.07, 6.45) is 1.37. The molecule has 0 aliphatic rings. The van der Waals surface area contributed by atoms with Gasteiger partial charge < -0.3 is 10.6 Å². The largest absolute Gasteiger partial charge is 0.366 e. The number of halogens is 3. The molecule has 0 saturated carbocycles. The number of primary amides is 1. The summed E-state index contributed by atoms with van der Waals surface area (Å²) < 4.78 is 13.7. The standard InChI is InChI=1S/C14H12BrClFN3O/c1-20(7-8-2-3-10(17)5-11(8)15)14-12(16)4-9(6-19-14)13(18)21/h2-6H,7H2,1H3,(H2,18,21). The van der Waals surface area contributed by atoms with E-state index in [1.807, 2.05) is 0 Å². The number of nitrogens with zero attached hydrogens (tertiary/aromatic N) is 2. The Hall–Kier alpha value is -1.66. The van der Waals surface area contributed by atoms with Gasteiger partial charge in [-0.05, 0) is 23.8 Å². The minimum atomic E-state index is -0.583. The molecule has 2 rings (SSSR count). The van der Waals surface area contributed by atoms with Crippen LogP contribution < -0.4 is 10.6 Å². The monoisotopic (exact) mass is 371 g/mol. The highest BCUT2D eigenvalue weighted by Gasteiger charge is 2.12. The van der Waals surface area contributed by atoms with Crippen LogP contribution in [0.4, 0.5) is 10.2 Å². The average molecular weight is 373 g/mol. The third kappa shape index (κ3) is 3.71. The topological polar surface area (TPSA) is 59.2 Å². The van der Waals surface area contributed by atoms with Crippen molar-refractivity contribution in [3.05, 3.63) is 56.9 Å². The molecule has 1 aromatic heterocycles. The molecule has 0 saturated heterocycles. The van der Waals surface area contributed by atoms with Gasteiger partial charge in [-0.3, -0.25) is 4.79 Å². The molecule has 1 aromatic carbocycles. The smallest absolute Gasteiger partial charge is 0.250 e. The normalized spacial score (nSPS) is 10.5. The SMILES string of the molecule is CN(Cc1ccc(F)cc1Br)c1ncc(C(N)=O)cc1Cl. The van der Waals surface area contributed by atoms with E-state index in [2.05, 4.69) is 20.9 Å². The summed E-state index contributed by atoms with van der Waals surface area (Å²) in [5, 5.41) is 0.326. The molecule has 0 aliphatic heterocycles. The number of benzene rings is 1. The zero-order valence-electron chi connectivity index (χ0n) is 11.1. The van der Waals surface area contributed by atoms with Gasteiger partial charge in [0.2, 0.25) is 5.91 Å². The van der Waals surface area contributed by atoms with Crippen LogP contribution >= 0.6 is 27.5 Å². The van der Waals surface area contributed by atoms with Crippen LogP contribution in [0.5, 0.6) is 0 Å². The lowest BCUT2D eigenvalue weighted by atomic mass is 10.2. The minimum Gasteiger partial charge on any atom is -0.366 e. The maximum Gasteiger partial charge on any atom is 0.250 e. The highest BCUT2D eigenvalue weighted by Crippen LogP contribution is 2.26. The minimum absolute atomic E-state index is 0.250. The molecule has 4 nitrogen and oxygen atoms in total. The van der Waals surface area contributed by atoms with Gasteiger partial charge in [-0.25, -0.2) is 9.37 Å². The zero-order chi connectivity index (χ0) is 15.6. The summed E-state index contributed by atoms with van der Waals surface area (Å²) in [4.78, 5) is 17.0. The van der Waals surface area contributed by atoms with Crippen LogP contribution in [0.3, 0.4) is 0 Å². The fourth-order valence-electron chi connectivity index (χ4n) is 1.83. The van der Waals surface area contributed by atoms with Crippen LogP contribution in [0.1, 0.15) is 15.9 Å². The Bertz CT molecular complexity index is 696. The number of hydrogen-bond acceptors (Lipinski definition) is 3. The first-order valence-corrected chi connectivity index (χ1v) is 7.16. The van der Waals surface area contributed by atoms with Crippen molar-refractivity contribution in [2.24, 2.45) is 5.73 Å². The molecule has 0 spiro atoms. The van der Waals surface area contributed by atoms with Crippen LogP contribution in [-0.4, -0.2) is 17.9 Å².